The number of aromatic nitrogens is 1. The van der Waals surface area contributed by atoms with Crippen LogP contribution in [0.2, 0.25) is 0 Å². The Morgan fingerprint density at radius 3 is 2.43 bits per heavy atom. The van der Waals surface area contributed by atoms with E-state index in [1.54, 1.807) is 11.3 Å². The number of hydrogen-bond acceptors (Lipinski definition) is 5. The molecular weight excluding hydrogens is 368 g/mol. The lowest BCUT2D eigenvalue weighted by atomic mass is 10.0. The van der Waals surface area contributed by atoms with Gasteiger partial charge in [-0.1, -0.05) is 24.3 Å². The van der Waals surface area contributed by atoms with E-state index in [0.717, 1.165) is 48.6 Å². The molecule has 1 atom stereocenters. The highest BCUT2D eigenvalue weighted by Gasteiger charge is 2.21. The van der Waals surface area contributed by atoms with E-state index in [4.69, 9.17) is 5.73 Å². The minimum Gasteiger partial charge on any atom is -0.399 e. The van der Waals surface area contributed by atoms with Gasteiger partial charge in [-0.2, -0.15) is 0 Å². The van der Waals surface area contributed by atoms with Crippen molar-refractivity contribution in [3.05, 3.63) is 75.7 Å². The Hall–Kier alpha value is -2.70. The molecule has 2 aromatic carbocycles. The second-order valence-electron chi connectivity index (χ2n) is 7.11. The van der Waals surface area contributed by atoms with Gasteiger partial charge in [0, 0.05) is 16.8 Å². The molecule has 1 amide bonds. The van der Waals surface area contributed by atoms with E-state index in [1.807, 2.05) is 29.6 Å². The largest absolute Gasteiger partial charge is 0.399 e. The first kappa shape index (κ1) is 18.7. The summed E-state index contributed by atoms with van der Waals surface area (Å²) in [5.74, 6) is -0.157. The fourth-order valence-electron chi connectivity index (χ4n) is 3.37. The van der Waals surface area contributed by atoms with Crippen LogP contribution in [0.1, 0.15) is 45.5 Å². The smallest absolute Gasteiger partial charge is 0.275 e. The molecule has 0 radical (unpaired) electrons. The number of nitrogens with zero attached hydrogens (tertiary/aromatic N) is 1. The van der Waals surface area contributed by atoms with E-state index in [1.165, 1.54) is 11.1 Å². The SMILES string of the molecule is Nc1ccc(CCc2ccc(NC(=O)c3csc(C4CCCN4)n3)cc2)cc1. The minimum atomic E-state index is -0.157. The van der Waals surface area contributed by atoms with Crippen molar-refractivity contribution in [3.8, 4) is 0 Å². The van der Waals surface area contributed by atoms with Crippen LogP contribution in [0.25, 0.3) is 0 Å². The molecule has 1 aliphatic heterocycles. The van der Waals surface area contributed by atoms with Crippen molar-refractivity contribution in [2.45, 2.75) is 31.7 Å². The Labute approximate surface area is 169 Å². The van der Waals surface area contributed by atoms with Gasteiger partial charge in [-0.3, -0.25) is 4.79 Å². The van der Waals surface area contributed by atoms with E-state index in [-0.39, 0.29) is 5.91 Å². The number of thiazole rings is 1. The van der Waals surface area contributed by atoms with Gasteiger partial charge >= 0.3 is 0 Å². The van der Waals surface area contributed by atoms with Crippen LogP contribution < -0.4 is 16.4 Å². The van der Waals surface area contributed by atoms with Crippen molar-refractivity contribution in [3.63, 3.8) is 0 Å². The number of nitrogen functional groups attached to an aromatic ring is 1. The first-order valence-corrected chi connectivity index (χ1v) is 10.5. The van der Waals surface area contributed by atoms with Crippen LogP contribution in [0.4, 0.5) is 11.4 Å². The Morgan fingerprint density at radius 1 is 1.11 bits per heavy atom. The highest BCUT2D eigenvalue weighted by Crippen LogP contribution is 2.26. The zero-order chi connectivity index (χ0) is 19.3. The van der Waals surface area contributed by atoms with Crippen molar-refractivity contribution in [2.75, 3.05) is 17.6 Å². The lowest BCUT2D eigenvalue weighted by molar-refractivity contribution is 0.102. The molecule has 0 aliphatic carbocycles. The van der Waals surface area contributed by atoms with Crippen LogP contribution in [0, 0.1) is 0 Å². The monoisotopic (exact) mass is 392 g/mol. The van der Waals surface area contributed by atoms with Gasteiger partial charge in [0.2, 0.25) is 0 Å². The zero-order valence-corrected chi connectivity index (χ0v) is 16.5. The van der Waals surface area contributed by atoms with Crippen molar-refractivity contribution in [1.29, 1.82) is 0 Å². The van der Waals surface area contributed by atoms with Gasteiger partial charge in [-0.15, -0.1) is 11.3 Å². The second kappa shape index (κ2) is 8.54. The summed E-state index contributed by atoms with van der Waals surface area (Å²) < 4.78 is 0. The van der Waals surface area contributed by atoms with Crippen LogP contribution in [-0.4, -0.2) is 17.4 Å². The number of anilines is 2. The Kier molecular flexibility index (Phi) is 5.69. The molecule has 3 aromatic rings. The number of amides is 1. The molecule has 1 aromatic heterocycles. The Morgan fingerprint density at radius 2 is 1.79 bits per heavy atom. The highest BCUT2D eigenvalue weighted by molar-refractivity contribution is 7.09. The fourth-order valence-corrected chi connectivity index (χ4v) is 4.28. The number of carbonyl (C=O) groups excluding carboxylic acids is 1. The molecule has 4 N–H and O–H groups in total. The zero-order valence-electron chi connectivity index (χ0n) is 15.7. The molecule has 0 bridgehead atoms. The van der Waals surface area contributed by atoms with E-state index < -0.39 is 0 Å². The summed E-state index contributed by atoms with van der Waals surface area (Å²) in [6.07, 6.45) is 4.16. The maximum Gasteiger partial charge on any atom is 0.275 e. The first-order valence-electron chi connectivity index (χ1n) is 9.61. The number of nitrogens with two attached hydrogens (primary N) is 1. The van der Waals surface area contributed by atoms with Crippen molar-refractivity contribution >= 4 is 28.6 Å². The average Bonchev–Trinajstić information content (AvgIpc) is 3.40. The molecule has 5 nitrogen and oxygen atoms in total. The lowest BCUT2D eigenvalue weighted by Crippen LogP contribution is -2.15. The van der Waals surface area contributed by atoms with Crippen molar-refractivity contribution in [1.82, 2.24) is 10.3 Å². The maximum atomic E-state index is 12.5. The summed E-state index contributed by atoms with van der Waals surface area (Å²) in [5.41, 5.74) is 10.3. The third-order valence-electron chi connectivity index (χ3n) is 5.01. The van der Waals surface area contributed by atoms with Crippen molar-refractivity contribution in [2.24, 2.45) is 0 Å². The first-order chi connectivity index (χ1) is 13.7. The molecular formula is C22H24N4OS. The molecule has 1 aliphatic rings. The molecule has 28 heavy (non-hydrogen) atoms. The number of hydrogen-bond donors (Lipinski definition) is 3. The average molecular weight is 393 g/mol. The summed E-state index contributed by atoms with van der Waals surface area (Å²) in [7, 11) is 0. The van der Waals surface area contributed by atoms with Gasteiger partial charge in [0.05, 0.1) is 6.04 Å². The Balaban J connectivity index is 1.32. The summed E-state index contributed by atoms with van der Waals surface area (Å²) in [6, 6.07) is 16.3. The number of rotatable bonds is 6. The standard InChI is InChI=1S/C22H24N4OS/c23-17-9-5-15(6-10-17)3-4-16-7-11-18(12-8-16)25-21(27)20-14-28-22(26-20)19-2-1-13-24-19/h5-12,14,19,24H,1-4,13,23H2,(H,25,27). The van der Waals surface area contributed by atoms with Crippen LogP contribution in [-0.2, 0) is 12.8 Å². The summed E-state index contributed by atoms with van der Waals surface area (Å²) in [4.78, 5) is 17.0. The molecule has 2 heterocycles. The molecule has 0 spiro atoms. The van der Waals surface area contributed by atoms with Crippen LogP contribution in [0.15, 0.2) is 53.9 Å². The van der Waals surface area contributed by atoms with Gasteiger partial charge in [0.25, 0.3) is 5.91 Å². The molecule has 6 heteroatoms. The number of benzene rings is 2. The van der Waals surface area contributed by atoms with Gasteiger partial charge in [-0.05, 0) is 67.6 Å². The van der Waals surface area contributed by atoms with Crippen LogP contribution in [0.5, 0.6) is 0 Å². The molecule has 1 saturated heterocycles. The molecule has 1 fully saturated rings. The van der Waals surface area contributed by atoms with E-state index in [9.17, 15) is 4.79 Å². The third-order valence-corrected chi connectivity index (χ3v) is 5.97. The summed E-state index contributed by atoms with van der Waals surface area (Å²) >= 11 is 1.55. The van der Waals surface area contributed by atoms with Gasteiger partial charge in [0.1, 0.15) is 10.7 Å². The molecule has 1 unspecified atom stereocenters. The lowest BCUT2D eigenvalue weighted by Gasteiger charge is -2.07. The predicted molar refractivity (Wildman–Crippen MR) is 115 cm³/mol. The van der Waals surface area contributed by atoms with Crippen LogP contribution in [0.3, 0.4) is 0 Å². The van der Waals surface area contributed by atoms with Gasteiger partial charge in [-0.25, -0.2) is 4.98 Å². The van der Waals surface area contributed by atoms with E-state index in [2.05, 4.69) is 39.9 Å². The molecule has 4 rings (SSSR count). The topological polar surface area (TPSA) is 80.0 Å². The maximum absolute atomic E-state index is 12.5. The van der Waals surface area contributed by atoms with Crippen molar-refractivity contribution < 1.29 is 4.79 Å². The molecule has 144 valence electrons. The summed E-state index contributed by atoms with van der Waals surface area (Å²) in [5, 5.41) is 9.20. The minimum absolute atomic E-state index is 0.157. The van der Waals surface area contributed by atoms with Gasteiger partial charge < -0.3 is 16.4 Å². The number of nitrogens with one attached hydrogen (secondary N) is 2. The quantitative estimate of drug-likeness (QED) is 0.550. The number of carbonyl (C=O) groups is 1. The predicted octanol–water partition coefficient (Wildman–Crippen LogP) is 4.19. The van der Waals surface area contributed by atoms with E-state index >= 15 is 0 Å². The second-order valence-corrected chi connectivity index (χ2v) is 8.00. The number of aryl methyl sites for hydroxylation is 2. The summed E-state index contributed by atoms with van der Waals surface area (Å²) in [6.45, 7) is 1.02. The van der Waals surface area contributed by atoms with E-state index in [0.29, 0.717) is 11.7 Å². The van der Waals surface area contributed by atoms with Gasteiger partial charge in [0.15, 0.2) is 0 Å². The fraction of sp³-hybridized carbons (Fsp3) is 0.273. The third kappa shape index (κ3) is 4.58. The highest BCUT2D eigenvalue weighted by atomic mass is 32.1. The van der Waals surface area contributed by atoms with Crippen LogP contribution >= 0.6 is 11.3 Å². The normalized spacial score (nSPS) is 16.2. The Bertz CT molecular complexity index is 928. The molecule has 0 saturated carbocycles.